The molecule has 0 aliphatic heterocycles. The van der Waals surface area contributed by atoms with Crippen LogP contribution in [0.3, 0.4) is 0 Å². The highest BCUT2D eigenvalue weighted by atomic mass is 14.1. The predicted octanol–water partition coefficient (Wildman–Crippen LogP) is 4.16. The normalized spacial score (nSPS) is 10.4. The zero-order valence-corrected chi connectivity index (χ0v) is 9.90. The van der Waals surface area contributed by atoms with E-state index >= 15 is 0 Å². The van der Waals surface area contributed by atoms with Crippen LogP contribution in [-0.2, 0) is 6.42 Å². The van der Waals surface area contributed by atoms with E-state index in [4.69, 9.17) is 0 Å². The Hall–Kier alpha value is -1.56. The molecule has 0 aliphatic rings. The fourth-order valence-corrected chi connectivity index (χ4v) is 2.04. The van der Waals surface area contributed by atoms with Gasteiger partial charge in [-0.15, -0.1) is 0 Å². The highest BCUT2D eigenvalue weighted by Gasteiger charge is 2.04. The Labute approximate surface area is 97.9 Å². The quantitative estimate of drug-likeness (QED) is 0.712. The Balaban J connectivity index is 2.34. The second-order valence-corrected chi connectivity index (χ2v) is 4.09. The van der Waals surface area contributed by atoms with E-state index in [-0.39, 0.29) is 0 Å². The lowest BCUT2D eigenvalue weighted by molar-refractivity contribution is 1.12. The molecule has 0 unspecified atom stereocenters. The van der Waals surface area contributed by atoms with Gasteiger partial charge in [0.25, 0.3) is 0 Å². The highest BCUT2D eigenvalue weighted by Crippen LogP contribution is 2.19. The van der Waals surface area contributed by atoms with E-state index in [9.17, 15) is 0 Å². The third kappa shape index (κ3) is 2.33. The fraction of sp³-hybridized carbons (Fsp3) is 0.188. The summed E-state index contributed by atoms with van der Waals surface area (Å²) in [4.78, 5) is 0. The van der Waals surface area contributed by atoms with Gasteiger partial charge in [-0.25, -0.2) is 0 Å². The van der Waals surface area contributed by atoms with Gasteiger partial charge < -0.3 is 0 Å². The van der Waals surface area contributed by atoms with Crippen LogP contribution in [0.5, 0.6) is 0 Å². The van der Waals surface area contributed by atoms with E-state index in [2.05, 4.69) is 68.8 Å². The lowest BCUT2D eigenvalue weighted by Crippen LogP contribution is -1.96. The van der Waals surface area contributed by atoms with Gasteiger partial charge in [-0.2, -0.15) is 0 Å². The minimum Gasteiger partial charge on any atom is -0.0622 e. The van der Waals surface area contributed by atoms with Gasteiger partial charge in [0.2, 0.25) is 0 Å². The lowest BCUT2D eigenvalue weighted by atomic mass is 9.94. The molecule has 0 heteroatoms. The van der Waals surface area contributed by atoms with Crippen molar-refractivity contribution in [3.63, 3.8) is 0 Å². The standard InChI is InChI=1S/C16H17/c1-3-15-11-7-8-13(2)16(15)12-14-9-5-4-6-10-14/h3-11H,12H2,1-2H3. The minimum absolute atomic E-state index is 1.02. The Morgan fingerprint density at radius 1 is 0.938 bits per heavy atom. The van der Waals surface area contributed by atoms with Gasteiger partial charge in [-0.3, -0.25) is 0 Å². The molecule has 0 amide bonds. The number of hydrogen-bond acceptors (Lipinski definition) is 0. The molecule has 0 atom stereocenters. The molecule has 0 fully saturated rings. The zero-order chi connectivity index (χ0) is 11.4. The molecule has 1 radical (unpaired) electrons. The molecule has 0 saturated heterocycles. The van der Waals surface area contributed by atoms with Crippen LogP contribution in [0.4, 0.5) is 0 Å². The van der Waals surface area contributed by atoms with Crippen LogP contribution in [0.2, 0.25) is 0 Å². The second kappa shape index (κ2) is 4.98. The van der Waals surface area contributed by atoms with Crippen molar-refractivity contribution in [2.45, 2.75) is 20.3 Å². The molecule has 0 nitrogen and oxygen atoms in total. The summed E-state index contributed by atoms with van der Waals surface area (Å²) in [6, 6.07) is 17.1. The third-order valence-corrected chi connectivity index (χ3v) is 2.98. The van der Waals surface area contributed by atoms with Gasteiger partial charge in [0.1, 0.15) is 0 Å². The Morgan fingerprint density at radius 3 is 2.38 bits per heavy atom. The number of hydrogen-bond donors (Lipinski definition) is 0. The van der Waals surface area contributed by atoms with Crippen molar-refractivity contribution < 1.29 is 0 Å². The van der Waals surface area contributed by atoms with Crippen molar-refractivity contribution in [2.24, 2.45) is 0 Å². The molecule has 0 spiro atoms. The first-order valence-electron chi connectivity index (χ1n) is 5.73. The summed E-state index contributed by atoms with van der Waals surface area (Å²) in [5.41, 5.74) is 5.54. The molecule has 0 aromatic heterocycles. The van der Waals surface area contributed by atoms with Crippen LogP contribution < -0.4 is 0 Å². The zero-order valence-electron chi connectivity index (χ0n) is 9.90. The van der Waals surface area contributed by atoms with E-state index in [1.807, 2.05) is 0 Å². The van der Waals surface area contributed by atoms with Gasteiger partial charge in [0, 0.05) is 0 Å². The van der Waals surface area contributed by atoms with Crippen LogP contribution in [0.15, 0.2) is 48.5 Å². The Kier molecular flexibility index (Phi) is 3.40. The molecule has 16 heavy (non-hydrogen) atoms. The van der Waals surface area contributed by atoms with E-state index in [1.165, 1.54) is 22.3 Å². The van der Waals surface area contributed by atoms with Crippen LogP contribution >= 0.6 is 0 Å². The maximum atomic E-state index is 2.19. The molecule has 2 aromatic rings. The van der Waals surface area contributed by atoms with Crippen molar-refractivity contribution in [1.29, 1.82) is 0 Å². The molecule has 0 heterocycles. The maximum Gasteiger partial charge on any atom is -0.00203 e. The topological polar surface area (TPSA) is 0 Å². The number of rotatable bonds is 3. The van der Waals surface area contributed by atoms with E-state index in [0.717, 1.165) is 6.42 Å². The summed E-state index contributed by atoms with van der Waals surface area (Å²) >= 11 is 0. The number of aryl methyl sites for hydroxylation is 1. The maximum absolute atomic E-state index is 2.19. The SMILES string of the molecule is C[CH]c1cccc(C)c1Cc1ccccc1. The number of benzene rings is 2. The van der Waals surface area contributed by atoms with E-state index in [0.29, 0.717) is 0 Å². The smallest absolute Gasteiger partial charge is 0.00203 e. The fourth-order valence-electron chi connectivity index (χ4n) is 2.04. The summed E-state index contributed by atoms with van der Waals surface area (Å²) in [7, 11) is 0. The lowest BCUT2D eigenvalue weighted by Gasteiger charge is -2.11. The van der Waals surface area contributed by atoms with Gasteiger partial charge in [-0.05, 0) is 42.0 Å². The van der Waals surface area contributed by atoms with Crippen LogP contribution in [0, 0.1) is 13.3 Å². The van der Waals surface area contributed by atoms with Gasteiger partial charge in [-0.1, -0.05) is 55.5 Å². The summed E-state index contributed by atoms with van der Waals surface area (Å²) in [6.07, 6.45) is 3.21. The second-order valence-electron chi connectivity index (χ2n) is 4.09. The predicted molar refractivity (Wildman–Crippen MR) is 69.5 cm³/mol. The summed E-state index contributed by atoms with van der Waals surface area (Å²) in [5.74, 6) is 0. The Morgan fingerprint density at radius 2 is 1.69 bits per heavy atom. The Bertz CT molecular complexity index is 455. The summed E-state index contributed by atoms with van der Waals surface area (Å²) in [6.45, 7) is 4.29. The molecular weight excluding hydrogens is 192 g/mol. The molecule has 2 rings (SSSR count). The van der Waals surface area contributed by atoms with Crippen LogP contribution in [0.1, 0.15) is 29.2 Å². The third-order valence-electron chi connectivity index (χ3n) is 2.98. The van der Waals surface area contributed by atoms with Gasteiger partial charge in [0.05, 0.1) is 0 Å². The molecule has 0 saturated carbocycles. The molecule has 0 bridgehead atoms. The van der Waals surface area contributed by atoms with Crippen molar-refractivity contribution in [2.75, 3.05) is 0 Å². The first kappa shape index (κ1) is 10.9. The van der Waals surface area contributed by atoms with Gasteiger partial charge in [0.15, 0.2) is 0 Å². The van der Waals surface area contributed by atoms with Crippen molar-refractivity contribution in [3.8, 4) is 0 Å². The van der Waals surface area contributed by atoms with Crippen molar-refractivity contribution in [3.05, 3.63) is 77.2 Å². The van der Waals surface area contributed by atoms with E-state index < -0.39 is 0 Å². The molecular formula is C16H17. The minimum atomic E-state index is 1.02. The van der Waals surface area contributed by atoms with Crippen molar-refractivity contribution >= 4 is 0 Å². The molecule has 2 aromatic carbocycles. The monoisotopic (exact) mass is 209 g/mol. The summed E-state index contributed by atoms with van der Waals surface area (Å²) < 4.78 is 0. The van der Waals surface area contributed by atoms with Crippen LogP contribution in [-0.4, -0.2) is 0 Å². The van der Waals surface area contributed by atoms with Crippen molar-refractivity contribution in [1.82, 2.24) is 0 Å². The largest absolute Gasteiger partial charge is 0.0622 e. The summed E-state index contributed by atoms with van der Waals surface area (Å²) in [5, 5.41) is 0. The first-order chi connectivity index (χ1) is 7.81. The molecule has 81 valence electrons. The molecule has 0 aliphatic carbocycles. The van der Waals surface area contributed by atoms with Gasteiger partial charge >= 0.3 is 0 Å². The van der Waals surface area contributed by atoms with Crippen LogP contribution in [0.25, 0.3) is 0 Å². The van der Waals surface area contributed by atoms with E-state index in [1.54, 1.807) is 0 Å². The first-order valence-corrected chi connectivity index (χ1v) is 5.73. The average molecular weight is 209 g/mol. The highest BCUT2D eigenvalue weighted by molar-refractivity contribution is 5.41. The molecule has 0 N–H and O–H groups in total. The average Bonchev–Trinajstić information content (AvgIpc) is 2.33.